The van der Waals surface area contributed by atoms with Gasteiger partial charge in [-0.1, -0.05) is 0 Å². The molecule has 176 valence electrons. The summed E-state index contributed by atoms with van der Waals surface area (Å²) in [7, 11) is 5.02. The van der Waals surface area contributed by atoms with Gasteiger partial charge in [-0.25, -0.2) is 4.39 Å². The minimum absolute atomic E-state index is 0. The van der Waals surface area contributed by atoms with Gasteiger partial charge >= 0.3 is 0 Å². The van der Waals surface area contributed by atoms with Crippen LogP contribution in [0.25, 0.3) is 0 Å². The minimum Gasteiger partial charge on any atom is -0.493 e. The van der Waals surface area contributed by atoms with Crippen molar-refractivity contribution in [1.82, 2.24) is 10.2 Å². The van der Waals surface area contributed by atoms with Gasteiger partial charge < -0.3 is 29.3 Å². The Labute approximate surface area is 206 Å². The Morgan fingerprint density at radius 3 is 2.12 bits per heavy atom. The zero-order valence-corrected chi connectivity index (χ0v) is 21.4. The second kappa shape index (κ2) is 12.6. The Morgan fingerprint density at radius 2 is 1.62 bits per heavy atom. The van der Waals surface area contributed by atoms with Gasteiger partial charge in [0.1, 0.15) is 5.82 Å². The molecule has 0 unspecified atom stereocenters. The Hall–Kier alpha value is -2.43. The zero-order chi connectivity index (χ0) is 22.2. The summed E-state index contributed by atoms with van der Waals surface area (Å²) >= 11 is 0. The van der Waals surface area contributed by atoms with Crippen molar-refractivity contribution in [2.75, 3.05) is 59.0 Å². The Balaban J connectivity index is 0.00000363. The van der Waals surface area contributed by atoms with E-state index in [1.807, 2.05) is 31.2 Å². The Morgan fingerprint density at radius 1 is 1.03 bits per heavy atom. The highest BCUT2D eigenvalue weighted by molar-refractivity contribution is 14.0. The van der Waals surface area contributed by atoms with Crippen LogP contribution in [0.1, 0.15) is 12.5 Å². The fourth-order valence-electron chi connectivity index (χ4n) is 3.66. The molecule has 0 spiro atoms. The number of nitrogens with one attached hydrogen (secondary N) is 1. The summed E-state index contributed by atoms with van der Waals surface area (Å²) in [6, 6.07) is 10.5. The summed E-state index contributed by atoms with van der Waals surface area (Å²) in [6.45, 7) is 6.37. The van der Waals surface area contributed by atoms with E-state index in [9.17, 15) is 4.39 Å². The zero-order valence-electron chi connectivity index (χ0n) is 19.1. The number of hydrogen-bond donors (Lipinski definition) is 1. The molecular weight excluding hydrogens is 526 g/mol. The molecule has 1 aliphatic rings. The first-order chi connectivity index (χ1) is 15.1. The maximum Gasteiger partial charge on any atom is 0.203 e. The number of halogens is 2. The van der Waals surface area contributed by atoms with Gasteiger partial charge in [0.25, 0.3) is 0 Å². The molecule has 9 heteroatoms. The van der Waals surface area contributed by atoms with Crippen molar-refractivity contribution in [3.63, 3.8) is 0 Å². The number of anilines is 1. The molecule has 2 aromatic carbocycles. The smallest absolute Gasteiger partial charge is 0.203 e. The van der Waals surface area contributed by atoms with Crippen LogP contribution in [0.4, 0.5) is 10.1 Å². The first kappa shape index (κ1) is 25.8. The van der Waals surface area contributed by atoms with Gasteiger partial charge in [-0.3, -0.25) is 4.99 Å². The molecule has 0 aliphatic carbocycles. The number of aliphatic imine (C=N–C) groups is 1. The van der Waals surface area contributed by atoms with Gasteiger partial charge in [0, 0.05) is 45.5 Å². The van der Waals surface area contributed by atoms with E-state index in [2.05, 4.69) is 20.1 Å². The average Bonchev–Trinajstić information content (AvgIpc) is 2.81. The largest absolute Gasteiger partial charge is 0.493 e. The summed E-state index contributed by atoms with van der Waals surface area (Å²) < 4.78 is 29.8. The number of nitrogens with zero attached hydrogens (tertiary/aromatic N) is 3. The molecule has 0 aromatic heterocycles. The molecule has 7 nitrogen and oxygen atoms in total. The molecular formula is C23H32FIN4O3. The summed E-state index contributed by atoms with van der Waals surface area (Å²) in [5.41, 5.74) is 2.04. The highest BCUT2D eigenvalue weighted by atomic mass is 127. The van der Waals surface area contributed by atoms with E-state index in [0.29, 0.717) is 30.4 Å². The first-order valence-electron chi connectivity index (χ1n) is 10.4. The molecule has 1 saturated heterocycles. The summed E-state index contributed by atoms with van der Waals surface area (Å²) in [5, 5.41) is 3.43. The van der Waals surface area contributed by atoms with Gasteiger partial charge in [-0.2, -0.15) is 0 Å². The van der Waals surface area contributed by atoms with E-state index >= 15 is 0 Å². The standard InChI is InChI=1S/C23H31FN4O3.HI/c1-5-31-22-20(29-3)14-17(15-21(22)30-4)16-26-23(25-2)28-12-10-27(11-13-28)19-8-6-18(24)7-9-19;/h6-9,14-15H,5,10-13,16H2,1-4H3,(H,25,26);1H. The van der Waals surface area contributed by atoms with Crippen molar-refractivity contribution in [3.8, 4) is 17.2 Å². The first-order valence-corrected chi connectivity index (χ1v) is 10.4. The molecule has 0 saturated carbocycles. The number of methoxy groups -OCH3 is 2. The van der Waals surface area contributed by atoms with Gasteiger partial charge in [-0.15, -0.1) is 24.0 Å². The van der Waals surface area contributed by atoms with E-state index < -0.39 is 0 Å². The van der Waals surface area contributed by atoms with Crippen LogP contribution in [-0.2, 0) is 6.54 Å². The predicted molar refractivity (Wildman–Crippen MR) is 137 cm³/mol. The van der Waals surface area contributed by atoms with E-state index in [1.165, 1.54) is 12.1 Å². The Bertz CT molecular complexity index is 862. The number of rotatable bonds is 7. The third-order valence-electron chi connectivity index (χ3n) is 5.24. The van der Waals surface area contributed by atoms with Crippen LogP contribution in [0.15, 0.2) is 41.4 Å². The topological polar surface area (TPSA) is 58.6 Å². The number of guanidine groups is 1. The van der Waals surface area contributed by atoms with Crippen molar-refractivity contribution in [2.24, 2.45) is 4.99 Å². The SMILES string of the molecule is CCOc1c(OC)cc(CNC(=NC)N2CCN(c3ccc(F)cc3)CC2)cc1OC.I. The second-order valence-electron chi connectivity index (χ2n) is 7.11. The van der Waals surface area contributed by atoms with Crippen LogP contribution < -0.4 is 24.4 Å². The summed E-state index contributed by atoms with van der Waals surface area (Å²) in [5.74, 6) is 2.51. The van der Waals surface area contributed by atoms with Crippen LogP contribution in [0.5, 0.6) is 17.2 Å². The third kappa shape index (κ3) is 6.30. The number of hydrogen-bond acceptors (Lipinski definition) is 5. The van der Waals surface area contributed by atoms with Crippen LogP contribution in [-0.4, -0.2) is 64.9 Å². The van der Waals surface area contributed by atoms with E-state index in [-0.39, 0.29) is 29.8 Å². The number of ether oxygens (including phenoxy) is 3. The molecule has 3 rings (SSSR count). The summed E-state index contributed by atoms with van der Waals surface area (Å²) in [6.07, 6.45) is 0. The fourth-order valence-corrected chi connectivity index (χ4v) is 3.66. The van der Waals surface area contributed by atoms with Crippen LogP contribution in [0.3, 0.4) is 0 Å². The number of benzene rings is 2. The lowest BCUT2D eigenvalue weighted by atomic mass is 10.1. The van der Waals surface area contributed by atoms with E-state index in [0.717, 1.165) is 43.4 Å². The molecule has 0 amide bonds. The molecule has 1 fully saturated rings. The van der Waals surface area contributed by atoms with Crippen LogP contribution >= 0.6 is 24.0 Å². The van der Waals surface area contributed by atoms with Gasteiger partial charge in [0.05, 0.1) is 20.8 Å². The molecule has 0 radical (unpaired) electrons. The quantitative estimate of drug-likeness (QED) is 0.318. The fraction of sp³-hybridized carbons (Fsp3) is 0.435. The molecule has 1 N–H and O–H groups in total. The molecule has 32 heavy (non-hydrogen) atoms. The van der Waals surface area contributed by atoms with Gasteiger partial charge in [0.15, 0.2) is 17.5 Å². The normalized spacial score (nSPS) is 14.0. The Kier molecular flexibility index (Phi) is 10.1. The number of piperazine rings is 1. The van der Waals surface area contributed by atoms with Crippen molar-refractivity contribution < 1.29 is 18.6 Å². The van der Waals surface area contributed by atoms with Crippen molar-refractivity contribution in [2.45, 2.75) is 13.5 Å². The molecule has 1 aliphatic heterocycles. The van der Waals surface area contributed by atoms with Crippen molar-refractivity contribution >= 4 is 35.6 Å². The molecule has 1 heterocycles. The lowest BCUT2D eigenvalue weighted by molar-refractivity contribution is 0.288. The van der Waals surface area contributed by atoms with Crippen molar-refractivity contribution in [1.29, 1.82) is 0 Å². The van der Waals surface area contributed by atoms with E-state index in [4.69, 9.17) is 14.2 Å². The molecule has 0 atom stereocenters. The van der Waals surface area contributed by atoms with Crippen LogP contribution in [0.2, 0.25) is 0 Å². The highest BCUT2D eigenvalue weighted by Gasteiger charge is 2.20. The highest BCUT2D eigenvalue weighted by Crippen LogP contribution is 2.38. The van der Waals surface area contributed by atoms with Gasteiger partial charge in [-0.05, 0) is 48.9 Å². The lowest BCUT2D eigenvalue weighted by Crippen LogP contribution is -2.52. The van der Waals surface area contributed by atoms with Gasteiger partial charge in [0.2, 0.25) is 5.75 Å². The van der Waals surface area contributed by atoms with Crippen molar-refractivity contribution in [3.05, 3.63) is 47.8 Å². The van der Waals surface area contributed by atoms with E-state index in [1.54, 1.807) is 21.3 Å². The maximum absolute atomic E-state index is 13.2. The monoisotopic (exact) mass is 558 g/mol. The predicted octanol–water partition coefficient (Wildman–Crippen LogP) is 3.76. The minimum atomic E-state index is -0.213. The summed E-state index contributed by atoms with van der Waals surface area (Å²) in [4.78, 5) is 8.93. The average molecular weight is 558 g/mol. The lowest BCUT2D eigenvalue weighted by Gasteiger charge is -2.37. The molecule has 2 aromatic rings. The third-order valence-corrected chi connectivity index (χ3v) is 5.24. The van der Waals surface area contributed by atoms with Crippen LogP contribution in [0, 0.1) is 5.82 Å². The maximum atomic E-state index is 13.2. The molecule has 0 bridgehead atoms. The second-order valence-corrected chi connectivity index (χ2v) is 7.11.